The van der Waals surface area contributed by atoms with Crippen LogP contribution in [0.15, 0.2) is 12.4 Å². The second-order valence-electron chi connectivity index (χ2n) is 3.21. The Hall–Kier alpha value is -2.11. The standard InChI is InChI=1S/C12H15NO5/c1-4-17-11(14)8-6-13-7-9(16-3)10(8)12(15)18-5-2/h6-7H,4-5H2,1-3H3. The lowest BCUT2D eigenvalue weighted by atomic mass is 10.1. The van der Waals surface area contributed by atoms with Gasteiger partial charge in [0.05, 0.1) is 32.1 Å². The Morgan fingerprint density at radius 1 is 1.11 bits per heavy atom. The van der Waals surface area contributed by atoms with Crippen molar-refractivity contribution in [3.8, 4) is 5.75 Å². The largest absolute Gasteiger partial charge is 0.494 e. The highest BCUT2D eigenvalue weighted by Gasteiger charge is 2.24. The average Bonchev–Trinajstić information content (AvgIpc) is 2.38. The van der Waals surface area contributed by atoms with Crippen molar-refractivity contribution in [3.63, 3.8) is 0 Å². The van der Waals surface area contributed by atoms with E-state index in [9.17, 15) is 9.59 Å². The number of ether oxygens (including phenoxy) is 3. The van der Waals surface area contributed by atoms with Gasteiger partial charge in [0.2, 0.25) is 0 Å². The highest BCUT2D eigenvalue weighted by Crippen LogP contribution is 2.22. The molecule has 0 radical (unpaired) electrons. The number of rotatable bonds is 5. The molecule has 0 spiro atoms. The summed E-state index contributed by atoms with van der Waals surface area (Å²) in [6.45, 7) is 3.76. The van der Waals surface area contributed by atoms with Gasteiger partial charge in [0.25, 0.3) is 0 Å². The van der Waals surface area contributed by atoms with Crippen LogP contribution >= 0.6 is 0 Å². The summed E-state index contributed by atoms with van der Waals surface area (Å²) < 4.78 is 14.7. The lowest BCUT2D eigenvalue weighted by molar-refractivity contribution is 0.0475. The molecule has 1 rings (SSSR count). The number of aromatic nitrogens is 1. The molecule has 18 heavy (non-hydrogen) atoms. The third kappa shape index (κ3) is 2.97. The number of methoxy groups -OCH3 is 1. The Labute approximate surface area is 105 Å². The smallest absolute Gasteiger partial charge is 0.342 e. The van der Waals surface area contributed by atoms with Crippen molar-refractivity contribution in [2.45, 2.75) is 13.8 Å². The van der Waals surface area contributed by atoms with Gasteiger partial charge in [-0.3, -0.25) is 4.98 Å². The molecule has 6 nitrogen and oxygen atoms in total. The molecule has 0 amide bonds. The molecule has 0 aliphatic heterocycles. The van der Waals surface area contributed by atoms with Gasteiger partial charge in [0, 0.05) is 6.20 Å². The molecular formula is C12H15NO5. The predicted molar refractivity (Wildman–Crippen MR) is 62.7 cm³/mol. The first kappa shape index (κ1) is 14.0. The van der Waals surface area contributed by atoms with Crippen molar-refractivity contribution in [1.82, 2.24) is 4.98 Å². The van der Waals surface area contributed by atoms with Gasteiger partial charge in [-0.1, -0.05) is 0 Å². The van der Waals surface area contributed by atoms with E-state index in [1.54, 1.807) is 13.8 Å². The topological polar surface area (TPSA) is 74.7 Å². The zero-order chi connectivity index (χ0) is 13.5. The number of hydrogen-bond acceptors (Lipinski definition) is 6. The minimum absolute atomic E-state index is 0.0350. The van der Waals surface area contributed by atoms with Crippen molar-refractivity contribution in [1.29, 1.82) is 0 Å². The molecule has 0 aromatic carbocycles. The van der Waals surface area contributed by atoms with Gasteiger partial charge in [-0.05, 0) is 13.8 Å². The van der Waals surface area contributed by atoms with Gasteiger partial charge < -0.3 is 14.2 Å². The van der Waals surface area contributed by atoms with Gasteiger partial charge in [-0.2, -0.15) is 0 Å². The molecule has 0 bridgehead atoms. The second kappa shape index (κ2) is 6.58. The second-order valence-corrected chi connectivity index (χ2v) is 3.21. The van der Waals surface area contributed by atoms with Crippen LogP contribution in [0.2, 0.25) is 0 Å². The summed E-state index contributed by atoms with van der Waals surface area (Å²) in [5, 5.41) is 0. The molecular weight excluding hydrogens is 238 g/mol. The van der Waals surface area contributed by atoms with Crippen LogP contribution in [0.3, 0.4) is 0 Å². The van der Waals surface area contributed by atoms with E-state index in [1.165, 1.54) is 19.5 Å². The Kier molecular flexibility index (Phi) is 5.10. The molecule has 1 aromatic rings. The normalized spacial score (nSPS) is 9.72. The SMILES string of the molecule is CCOC(=O)c1cncc(OC)c1C(=O)OCC. The van der Waals surface area contributed by atoms with E-state index in [2.05, 4.69) is 4.98 Å². The maximum atomic E-state index is 11.8. The molecule has 0 saturated carbocycles. The number of carbonyl (C=O) groups is 2. The van der Waals surface area contributed by atoms with Gasteiger partial charge in [0.15, 0.2) is 5.75 Å². The van der Waals surface area contributed by atoms with Crippen LogP contribution in [0.5, 0.6) is 5.75 Å². The molecule has 0 N–H and O–H groups in total. The minimum Gasteiger partial charge on any atom is -0.494 e. The van der Waals surface area contributed by atoms with E-state index < -0.39 is 11.9 Å². The summed E-state index contributed by atoms with van der Waals surface area (Å²) in [5.41, 5.74) is 0.0717. The van der Waals surface area contributed by atoms with Crippen LogP contribution in [0.4, 0.5) is 0 Å². The Morgan fingerprint density at radius 2 is 1.72 bits per heavy atom. The zero-order valence-electron chi connectivity index (χ0n) is 10.6. The molecule has 1 heterocycles. The van der Waals surface area contributed by atoms with Crippen LogP contribution in [-0.2, 0) is 9.47 Å². The van der Waals surface area contributed by atoms with E-state index in [-0.39, 0.29) is 30.1 Å². The number of carbonyl (C=O) groups excluding carboxylic acids is 2. The number of pyridine rings is 1. The maximum Gasteiger partial charge on any atom is 0.342 e. The maximum absolute atomic E-state index is 11.8. The number of hydrogen-bond donors (Lipinski definition) is 0. The van der Waals surface area contributed by atoms with E-state index in [4.69, 9.17) is 14.2 Å². The van der Waals surface area contributed by atoms with Crippen molar-refractivity contribution < 1.29 is 23.8 Å². The van der Waals surface area contributed by atoms with E-state index in [0.717, 1.165) is 0 Å². The molecule has 0 atom stereocenters. The van der Waals surface area contributed by atoms with Crippen molar-refractivity contribution in [2.24, 2.45) is 0 Å². The summed E-state index contributed by atoms with van der Waals surface area (Å²) in [5.74, 6) is -1.09. The quantitative estimate of drug-likeness (QED) is 0.739. The minimum atomic E-state index is -0.639. The van der Waals surface area contributed by atoms with Gasteiger partial charge >= 0.3 is 11.9 Å². The monoisotopic (exact) mass is 253 g/mol. The summed E-state index contributed by atoms with van der Waals surface area (Å²) in [7, 11) is 1.38. The summed E-state index contributed by atoms with van der Waals surface area (Å²) >= 11 is 0. The third-order valence-corrected chi connectivity index (χ3v) is 2.11. The van der Waals surface area contributed by atoms with Crippen molar-refractivity contribution in [2.75, 3.05) is 20.3 Å². The summed E-state index contributed by atoms with van der Waals surface area (Å²) in [4.78, 5) is 27.4. The molecule has 98 valence electrons. The van der Waals surface area contributed by atoms with E-state index in [1.807, 2.05) is 0 Å². The van der Waals surface area contributed by atoms with Crippen molar-refractivity contribution in [3.05, 3.63) is 23.5 Å². The number of esters is 2. The van der Waals surface area contributed by atoms with Crippen LogP contribution in [-0.4, -0.2) is 37.2 Å². The fraction of sp³-hybridized carbons (Fsp3) is 0.417. The Balaban J connectivity index is 3.24. The molecule has 0 fully saturated rings. The fourth-order valence-electron chi connectivity index (χ4n) is 1.37. The number of nitrogens with zero attached hydrogens (tertiary/aromatic N) is 1. The predicted octanol–water partition coefficient (Wildman–Crippen LogP) is 1.44. The molecule has 0 aliphatic rings. The summed E-state index contributed by atoms with van der Waals surface area (Å²) in [6, 6.07) is 0. The lowest BCUT2D eigenvalue weighted by Gasteiger charge is -2.11. The Morgan fingerprint density at radius 3 is 2.28 bits per heavy atom. The molecule has 0 unspecified atom stereocenters. The molecule has 1 aromatic heterocycles. The first-order valence-corrected chi connectivity index (χ1v) is 5.51. The van der Waals surface area contributed by atoms with Crippen LogP contribution in [0.25, 0.3) is 0 Å². The molecule has 6 heteroatoms. The van der Waals surface area contributed by atoms with E-state index >= 15 is 0 Å². The molecule has 0 saturated heterocycles. The third-order valence-electron chi connectivity index (χ3n) is 2.11. The van der Waals surface area contributed by atoms with Crippen LogP contribution in [0.1, 0.15) is 34.6 Å². The zero-order valence-corrected chi connectivity index (χ0v) is 10.6. The molecule has 0 aliphatic carbocycles. The van der Waals surface area contributed by atoms with Crippen LogP contribution in [0, 0.1) is 0 Å². The highest BCUT2D eigenvalue weighted by atomic mass is 16.5. The first-order valence-electron chi connectivity index (χ1n) is 5.51. The van der Waals surface area contributed by atoms with Gasteiger partial charge in [0.1, 0.15) is 5.56 Å². The van der Waals surface area contributed by atoms with Crippen LogP contribution < -0.4 is 4.74 Å². The highest BCUT2D eigenvalue weighted by molar-refractivity contribution is 6.04. The first-order chi connectivity index (χ1) is 8.65. The average molecular weight is 253 g/mol. The van der Waals surface area contributed by atoms with Gasteiger partial charge in [-0.25, -0.2) is 9.59 Å². The van der Waals surface area contributed by atoms with Crippen molar-refractivity contribution >= 4 is 11.9 Å². The van der Waals surface area contributed by atoms with E-state index in [0.29, 0.717) is 0 Å². The summed E-state index contributed by atoms with van der Waals surface area (Å²) in [6.07, 6.45) is 2.60. The Bertz CT molecular complexity index is 444. The lowest BCUT2D eigenvalue weighted by Crippen LogP contribution is -2.16. The van der Waals surface area contributed by atoms with Gasteiger partial charge in [-0.15, -0.1) is 0 Å². The fourth-order valence-corrected chi connectivity index (χ4v) is 1.37.